The standard InChI is InChI=1S/C31H36F3N5O4S/c1-29(2)19-22-6-4-3-5-21-7-9-23(10-8-21)44(41,42)37-28(40)24-11-12-25(35-27(24)38(29)20-22)39-17-13-26(36-39)43-18-16-30(14-15-30)31(32,33)34/h7-13,17,22H,3-6,14-16,18-20H2,1-2H3,(H,37,40). The van der Waals surface area contributed by atoms with E-state index in [1.54, 1.807) is 30.5 Å². The molecule has 1 aliphatic carbocycles. The first kappa shape index (κ1) is 30.4. The van der Waals surface area contributed by atoms with Crippen molar-refractivity contribution in [1.29, 1.82) is 0 Å². The first-order valence-corrected chi connectivity index (χ1v) is 16.5. The summed E-state index contributed by atoms with van der Waals surface area (Å²) in [7, 11) is -4.14. The predicted octanol–water partition coefficient (Wildman–Crippen LogP) is 5.83. The monoisotopic (exact) mass is 631 g/mol. The molecule has 0 spiro atoms. The van der Waals surface area contributed by atoms with Crippen LogP contribution in [0.1, 0.15) is 74.7 Å². The molecule has 1 amide bonds. The number of nitrogens with one attached hydrogen (secondary N) is 1. The number of fused-ring (bicyclic) bond motifs is 7. The minimum Gasteiger partial charge on any atom is -0.477 e. The maximum atomic E-state index is 13.6. The lowest BCUT2D eigenvalue weighted by Crippen LogP contribution is -2.41. The molecule has 1 N–H and O–H groups in total. The van der Waals surface area contributed by atoms with Gasteiger partial charge in [0.25, 0.3) is 15.9 Å². The summed E-state index contributed by atoms with van der Waals surface area (Å²) in [5.74, 6) is 0.420. The van der Waals surface area contributed by atoms with Gasteiger partial charge in [0, 0.05) is 24.3 Å². The van der Waals surface area contributed by atoms with Gasteiger partial charge in [-0.05, 0) is 94.5 Å². The minimum atomic E-state index is -4.24. The molecule has 1 saturated heterocycles. The smallest absolute Gasteiger partial charge is 0.394 e. The van der Waals surface area contributed by atoms with Crippen LogP contribution in [0.25, 0.3) is 5.82 Å². The van der Waals surface area contributed by atoms with E-state index in [9.17, 15) is 26.4 Å². The molecule has 9 nitrogen and oxygen atoms in total. The average Bonchev–Trinajstić information content (AvgIpc) is 3.51. The summed E-state index contributed by atoms with van der Waals surface area (Å²) in [4.78, 5) is 20.4. The summed E-state index contributed by atoms with van der Waals surface area (Å²) < 4.78 is 75.3. The number of alkyl halides is 3. The first-order chi connectivity index (χ1) is 20.8. The van der Waals surface area contributed by atoms with Crippen LogP contribution in [0.2, 0.25) is 0 Å². The molecule has 1 saturated carbocycles. The summed E-state index contributed by atoms with van der Waals surface area (Å²) in [6.45, 7) is 4.70. The van der Waals surface area contributed by atoms with Crippen LogP contribution in [-0.4, -0.2) is 54.0 Å². The number of nitrogens with zero attached hydrogens (tertiary/aromatic N) is 4. The van der Waals surface area contributed by atoms with Gasteiger partial charge in [-0.15, -0.1) is 5.10 Å². The van der Waals surface area contributed by atoms with Crippen LogP contribution in [0.5, 0.6) is 5.88 Å². The van der Waals surface area contributed by atoms with E-state index < -0.39 is 27.5 Å². The quantitative estimate of drug-likeness (QED) is 0.378. The van der Waals surface area contributed by atoms with E-state index in [1.807, 2.05) is 0 Å². The maximum absolute atomic E-state index is 13.6. The molecule has 3 aliphatic heterocycles. The summed E-state index contributed by atoms with van der Waals surface area (Å²) in [6.07, 6.45) is 2.19. The number of benzene rings is 1. The van der Waals surface area contributed by atoms with Crippen LogP contribution in [0.3, 0.4) is 0 Å². The Hall–Kier alpha value is -3.61. The maximum Gasteiger partial charge on any atom is 0.394 e. The van der Waals surface area contributed by atoms with Gasteiger partial charge in [-0.25, -0.2) is 22.8 Å². The number of aryl methyl sites for hydroxylation is 1. The second-order valence-electron chi connectivity index (χ2n) is 12.8. The SMILES string of the molecule is CC1(C)CC2CCCCc3ccc(cc3)S(=O)(=O)NC(=O)c3ccc(-n4ccc(OCCC5(C(F)(F)F)CC5)n4)nc3N1C2. The number of carbonyl (C=O) groups excluding carboxylic acids is 1. The lowest BCUT2D eigenvalue weighted by Gasteiger charge is -2.34. The fraction of sp³-hybridized carbons (Fsp3) is 0.516. The van der Waals surface area contributed by atoms with Crippen molar-refractivity contribution in [3.05, 3.63) is 59.8 Å². The zero-order valence-corrected chi connectivity index (χ0v) is 25.5. The topological polar surface area (TPSA) is 106 Å². The van der Waals surface area contributed by atoms with Crippen molar-refractivity contribution in [1.82, 2.24) is 19.5 Å². The minimum absolute atomic E-state index is 0.00120. The third-order valence-electron chi connectivity index (χ3n) is 9.19. The second kappa shape index (κ2) is 11.1. The number of hydrogen-bond donors (Lipinski definition) is 1. The van der Waals surface area contributed by atoms with Crippen LogP contribution in [0.4, 0.5) is 19.0 Å². The normalized spacial score (nSPS) is 22.3. The van der Waals surface area contributed by atoms with Crippen LogP contribution >= 0.6 is 0 Å². The van der Waals surface area contributed by atoms with E-state index in [4.69, 9.17) is 9.72 Å². The van der Waals surface area contributed by atoms with Crippen LogP contribution < -0.4 is 14.4 Å². The van der Waals surface area contributed by atoms with E-state index in [2.05, 4.69) is 28.6 Å². The molecule has 13 heteroatoms. The van der Waals surface area contributed by atoms with Crippen molar-refractivity contribution in [3.63, 3.8) is 0 Å². The summed E-state index contributed by atoms with van der Waals surface area (Å²) in [5.41, 5.74) is -0.853. The highest BCUT2D eigenvalue weighted by Crippen LogP contribution is 2.59. The lowest BCUT2D eigenvalue weighted by molar-refractivity contribution is -0.190. The number of anilines is 1. The van der Waals surface area contributed by atoms with Gasteiger partial charge in [-0.3, -0.25) is 4.79 Å². The van der Waals surface area contributed by atoms with E-state index in [1.165, 1.54) is 22.9 Å². The largest absolute Gasteiger partial charge is 0.477 e. The van der Waals surface area contributed by atoms with Gasteiger partial charge in [0.2, 0.25) is 5.88 Å². The number of amides is 1. The first-order valence-electron chi connectivity index (χ1n) is 15.0. The number of carbonyl (C=O) groups is 1. The van der Waals surface area contributed by atoms with Crippen molar-refractivity contribution in [2.75, 3.05) is 18.1 Å². The molecular formula is C31H36F3N5O4S. The molecule has 4 aliphatic rings. The predicted molar refractivity (Wildman–Crippen MR) is 157 cm³/mol. The number of ether oxygens (including phenoxy) is 1. The molecule has 3 aromatic rings. The van der Waals surface area contributed by atoms with Gasteiger partial charge in [0.1, 0.15) is 5.82 Å². The Morgan fingerprint density at radius 3 is 2.52 bits per heavy atom. The van der Waals surface area contributed by atoms with Gasteiger partial charge in [0.05, 0.1) is 22.5 Å². The molecule has 7 rings (SSSR count). The van der Waals surface area contributed by atoms with E-state index in [-0.39, 0.29) is 47.7 Å². The zero-order chi connectivity index (χ0) is 31.3. The van der Waals surface area contributed by atoms with Crippen molar-refractivity contribution < 1.29 is 31.1 Å². The Labute approximate surface area is 254 Å². The highest BCUT2D eigenvalue weighted by atomic mass is 32.2. The van der Waals surface area contributed by atoms with Gasteiger partial charge < -0.3 is 9.64 Å². The fourth-order valence-electron chi connectivity index (χ4n) is 6.42. The molecule has 44 heavy (non-hydrogen) atoms. The van der Waals surface area contributed by atoms with Crippen molar-refractivity contribution in [3.8, 4) is 11.7 Å². The average molecular weight is 632 g/mol. The van der Waals surface area contributed by atoms with Crippen molar-refractivity contribution in [2.45, 2.75) is 81.8 Å². The number of hydrogen-bond acceptors (Lipinski definition) is 7. The Morgan fingerprint density at radius 1 is 1.07 bits per heavy atom. The van der Waals surface area contributed by atoms with Gasteiger partial charge in [0.15, 0.2) is 5.82 Å². The fourth-order valence-corrected chi connectivity index (χ4v) is 7.39. The number of sulfonamides is 1. The molecule has 2 aromatic heterocycles. The Bertz CT molecular complexity index is 1650. The van der Waals surface area contributed by atoms with Gasteiger partial charge in [-0.2, -0.15) is 13.2 Å². The molecule has 0 radical (unpaired) electrons. The van der Waals surface area contributed by atoms with E-state index in [0.717, 1.165) is 37.7 Å². The van der Waals surface area contributed by atoms with Gasteiger partial charge >= 0.3 is 6.18 Å². The van der Waals surface area contributed by atoms with Crippen LogP contribution in [-0.2, 0) is 16.4 Å². The zero-order valence-electron chi connectivity index (χ0n) is 24.7. The molecule has 5 heterocycles. The summed E-state index contributed by atoms with van der Waals surface area (Å²) in [6, 6.07) is 11.2. The Kier molecular flexibility index (Phi) is 7.66. The van der Waals surface area contributed by atoms with Gasteiger partial charge in [-0.1, -0.05) is 18.6 Å². The van der Waals surface area contributed by atoms with Crippen LogP contribution in [0.15, 0.2) is 53.6 Å². The number of aromatic nitrogens is 3. The molecule has 2 fully saturated rings. The number of rotatable bonds is 5. The Balaban J connectivity index is 1.30. The number of halogens is 3. The molecule has 1 unspecified atom stereocenters. The summed E-state index contributed by atoms with van der Waals surface area (Å²) >= 11 is 0. The lowest BCUT2D eigenvalue weighted by atomic mass is 9.92. The van der Waals surface area contributed by atoms with Crippen molar-refractivity contribution >= 4 is 21.7 Å². The van der Waals surface area contributed by atoms with E-state index in [0.29, 0.717) is 24.1 Å². The Morgan fingerprint density at radius 2 is 1.82 bits per heavy atom. The molecule has 1 atom stereocenters. The highest BCUT2D eigenvalue weighted by Gasteiger charge is 2.62. The van der Waals surface area contributed by atoms with Crippen LogP contribution in [0, 0.1) is 11.3 Å². The second-order valence-corrected chi connectivity index (χ2v) is 14.5. The molecule has 236 valence electrons. The van der Waals surface area contributed by atoms with E-state index >= 15 is 0 Å². The third-order valence-corrected chi connectivity index (χ3v) is 10.5. The van der Waals surface area contributed by atoms with Crippen molar-refractivity contribution in [2.24, 2.45) is 11.3 Å². The number of pyridine rings is 1. The highest BCUT2D eigenvalue weighted by molar-refractivity contribution is 7.90. The molecule has 4 bridgehead atoms. The third kappa shape index (κ3) is 6.02. The molecule has 1 aromatic carbocycles. The molecular weight excluding hydrogens is 595 g/mol. The summed E-state index contributed by atoms with van der Waals surface area (Å²) in [5, 5.41) is 4.36.